The molecule has 0 saturated heterocycles. The van der Waals surface area contributed by atoms with Gasteiger partial charge in [-0.3, -0.25) is 0 Å². The molecule has 0 fully saturated rings. The van der Waals surface area contributed by atoms with Gasteiger partial charge in [0.15, 0.2) is 5.60 Å². The van der Waals surface area contributed by atoms with Gasteiger partial charge >= 0.3 is 5.97 Å². The molecule has 0 amide bonds. The summed E-state index contributed by atoms with van der Waals surface area (Å²) in [5.41, 5.74) is -0.352. The molecule has 1 aliphatic carbocycles. The fraction of sp³-hybridized carbons (Fsp3) is 0.375. The summed E-state index contributed by atoms with van der Waals surface area (Å²) < 4.78 is 0.764. The Morgan fingerprint density at radius 1 is 1.69 bits per heavy atom. The number of fused-ring (bicyclic) bond motifs is 1. The van der Waals surface area contributed by atoms with Crippen LogP contribution in [0.15, 0.2) is 10.8 Å². The van der Waals surface area contributed by atoms with Gasteiger partial charge in [0.2, 0.25) is 0 Å². The molecule has 1 aromatic heterocycles. The molecule has 1 heterocycles. The number of aliphatic carboxylic acids is 1. The van der Waals surface area contributed by atoms with Crippen molar-refractivity contribution in [1.82, 2.24) is 4.98 Å². The van der Waals surface area contributed by atoms with Gasteiger partial charge in [-0.05, 0) is 34.3 Å². The quantitative estimate of drug-likeness (QED) is 0.691. The molecule has 3 N–H and O–H groups in total. The van der Waals surface area contributed by atoms with Crippen molar-refractivity contribution in [3.63, 3.8) is 0 Å². The molecule has 5 heteroatoms. The van der Waals surface area contributed by atoms with Crippen LogP contribution in [0.4, 0.5) is 0 Å². The first-order valence-electron chi connectivity index (χ1n) is 3.87. The van der Waals surface area contributed by atoms with E-state index in [0.29, 0.717) is 12.0 Å². The molecule has 0 radical (unpaired) electrons. The highest BCUT2D eigenvalue weighted by Gasteiger charge is 2.45. The van der Waals surface area contributed by atoms with Gasteiger partial charge in [0, 0.05) is 11.8 Å². The first-order chi connectivity index (χ1) is 6.05. The van der Waals surface area contributed by atoms with Crippen molar-refractivity contribution in [3.8, 4) is 0 Å². The van der Waals surface area contributed by atoms with Crippen molar-refractivity contribution in [3.05, 3.63) is 21.9 Å². The highest BCUT2D eigenvalue weighted by atomic mass is 79.9. The Morgan fingerprint density at radius 2 is 2.38 bits per heavy atom. The van der Waals surface area contributed by atoms with Crippen molar-refractivity contribution in [2.24, 2.45) is 0 Å². The Morgan fingerprint density at radius 3 is 3.00 bits per heavy atom. The van der Waals surface area contributed by atoms with E-state index in [-0.39, 0.29) is 6.42 Å². The lowest BCUT2D eigenvalue weighted by Crippen LogP contribution is -2.32. The van der Waals surface area contributed by atoms with Crippen molar-refractivity contribution in [2.45, 2.75) is 18.4 Å². The average molecular weight is 246 g/mol. The predicted octanol–water partition coefficient (Wildman–Crippen LogP) is 0.996. The molecule has 1 aliphatic rings. The molecule has 13 heavy (non-hydrogen) atoms. The maximum absolute atomic E-state index is 10.8. The highest BCUT2D eigenvalue weighted by molar-refractivity contribution is 9.10. The molecular formula is C8H8BrNO3. The number of rotatable bonds is 1. The molecule has 0 aromatic carbocycles. The molecule has 2 rings (SSSR count). The van der Waals surface area contributed by atoms with Gasteiger partial charge in [-0.2, -0.15) is 0 Å². The third-order valence-corrected chi connectivity index (χ3v) is 3.18. The van der Waals surface area contributed by atoms with Crippen LogP contribution in [0, 0.1) is 0 Å². The van der Waals surface area contributed by atoms with E-state index in [1.807, 2.05) is 0 Å². The molecule has 0 bridgehead atoms. The number of hydrogen-bond acceptors (Lipinski definition) is 2. The Labute approximate surface area is 82.7 Å². The minimum atomic E-state index is -1.70. The maximum Gasteiger partial charge on any atom is 0.340 e. The summed E-state index contributed by atoms with van der Waals surface area (Å²) in [7, 11) is 0. The van der Waals surface area contributed by atoms with Gasteiger partial charge in [-0.1, -0.05) is 0 Å². The summed E-state index contributed by atoms with van der Waals surface area (Å²) in [5.74, 6) is -1.18. The number of aliphatic hydroxyl groups is 1. The van der Waals surface area contributed by atoms with E-state index in [1.165, 1.54) is 0 Å². The van der Waals surface area contributed by atoms with Gasteiger partial charge < -0.3 is 15.2 Å². The lowest BCUT2D eigenvalue weighted by molar-refractivity contribution is -0.159. The van der Waals surface area contributed by atoms with Crippen LogP contribution in [0.2, 0.25) is 0 Å². The lowest BCUT2D eigenvalue weighted by Gasteiger charge is -2.16. The monoisotopic (exact) mass is 245 g/mol. The summed E-state index contributed by atoms with van der Waals surface area (Å²) in [6.45, 7) is 0. The topological polar surface area (TPSA) is 73.3 Å². The number of carbonyl (C=O) groups is 1. The summed E-state index contributed by atoms with van der Waals surface area (Å²) >= 11 is 3.26. The van der Waals surface area contributed by atoms with E-state index in [2.05, 4.69) is 20.9 Å². The molecule has 4 nitrogen and oxygen atoms in total. The van der Waals surface area contributed by atoms with Crippen LogP contribution in [-0.4, -0.2) is 21.2 Å². The normalized spacial score (nSPS) is 26.0. The highest BCUT2D eigenvalue weighted by Crippen LogP contribution is 2.40. The number of H-pyrrole nitrogens is 1. The second kappa shape index (κ2) is 2.59. The molecule has 0 spiro atoms. The average Bonchev–Trinajstić information content (AvgIpc) is 2.57. The van der Waals surface area contributed by atoms with Crippen molar-refractivity contribution < 1.29 is 15.0 Å². The van der Waals surface area contributed by atoms with Crippen LogP contribution < -0.4 is 0 Å². The Kier molecular flexibility index (Phi) is 1.75. The number of halogens is 1. The van der Waals surface area contributed by atoms with E-state index in [0.717, 1.165) is 10.2 Å². The standard InChI is InChI=1S/C8H8BrNO3/c9-6-4-1-2-8(13,7(11)12)5(4)3-10-6/h3,10,13H,1-2H2,(H,11,12). The number of carboxylic acids is 1. The van der Waals surface area contributed by atoms with Crippen LogP contribution in [0.3, 0.4) is 0 Å². The van der Waals surface area contributed by atoms with Gasteiger partial charge in [-0.15, -0.1) is 0 Å². The second-order valence-corrected chi connectivity index (χ2v) is 3.95. The van der Waals surface area contributed by atoms with Crippen molar-refractivity contribution in [2.75, 3.05) is 0 Å². The minimum Gasteiger partial charge on any atom is -0.479 e. The van der Waals surface area contributed by atoms with E-state index >= 15 is 0 Å². The van der Waals surface area contributed by atoms with E-state index in [4.69, 9.17) is 5.11 Å². The molecule has 1 atom stereocenters. The van der Waals surface area contributed by atoms with E-state index in [1.54, 1.807) is 6.20 Å². The third-order valence-electron chi connectivity index (χ3n) is 2.47. The summed E-state index contributed by atoms with van der Waals surface area (Å²) in [5, 5.41) is 18.6. The number of nitrogens with one attached hydrogen (secondary N) is 1. The first kappa shape index (κ1) is 8.77. The summed E-state index contributed by atoms with van der Waals surface area (Å²) in [4.78, 5) is 13.7. The van der Waals surface area contributed by atoms with Crippen molar-refractivity contribution in [1.29, 1.82) is 0 Å². The van der Waals surface area contributed by atoms with Crippen molar-refractivity contribution >= 4 is 21.9 Å². The van der Waals surface area contributed by atoms with Crippen LogP contribution in [-0.2, 0) is 16.8 Å². The van der Waals surface area contributed by atoms with Gasteiger partial charge in [0.1, 0.15) is 0 Å². The van der Waals surface area contributed by atoms with E-state index in [9.17, 15) is 9.90 Å². The maximum atomic E-state index is 10.8. The molecule has 1 unspecified atom stereocenters. The third kappa shape index (κ3) is 1.04. The minimum absolute atomic E-state index is 0.250. The first-order valence-corrected chi connectivity index (χ1v) is 4.67. The molecular weight excluding hydrogens is 238 g/mol. The van der Waals surface area contributed by atoms with Crippen LogP contribution in [0.5, 0.6) is 0 Å². The van der Waals surface area contributed by atoms with Crippen LogP contribution >= 0.6 is 15.9 Å². The lowest BCUT2D eigenvalue weighted by atomic mass is 9.99. The fourth-order valence-corrected chi connectivity index (χ4v) is 2.23. The van der Waals surface area contributed by atoms with Gasteiger partial charge in [0.05, 0.1) is 4.60 Å². The SMILES string of the molecule is O=C(O)C1(O)CCc2c1c[nH]c2Br. The molecule has 0 saturated carbocycles. The van der Waals surface area contributed by atoms with Crippen LogP contribution in [0.1, 0.15) is 17.5 Å². The summed E-state index contributed by atoms with van der Waals surface area (Å²) in [6, 6.07) is 0. The number of aromatic nitrogens is 1. The number of aromatic amines is 1. The number of hydrogen-bond donors (Lipinski definition) is 3. The zero-order valence-electron chi connectivity index (χ0n) is 6.67. The zero-order chi connectivity index (χ0) is 9.64. The van der Waals surface area contributed by atoms with Crippen LogP contribution in [0.25, 0.3) is 0 Å². The largest absolute Gasteiger partial charge is 0.479 e. The number of carboxylic acid groups (broad SMARTS) is 1. The smallest absolute Gasteiger partial charge is 0.340 e. The fourth-order valence-electron chi connectivity index (χ4n) is 1.70. The molecule has 0 aliphatic heterocycles. The summed E-state index contributed by atoms with van der Waals surface area (Å²) in [6.07, 6.45) is 2.38. The molecule has 1 aromatic rings. The van der Waals surface area contributed by atoms with Gasteiger partial charge in [0.25, 0.3) is 0 Å². The second-order valence-electron chi connectivity index (χ2n) is 3.16. The zero-order valence-corrected chi connectivity index (χ0v) is 8.26. The Balaban J connectivity index is 2.55. The van der Waals surface area contributed by atoms with E-state index < -0.39 is 11.6 Å². The Bertz CT molecular complexity index is 373. The molecule has 70 valence electrons. The Hall–Kier alpha value is -0.810. The predicted molar refractivity (Wildman–Crippen MR) is 48.3 cm³/mol. The van der Waals surface area contributed by atoms with Gasteiger partial charge in [-0.25, -0.2) is 4.79 Å².